The van der Waals surface area contributed by atoms with Gasteiger partial charge in [0.1, 0.15) is 5.60 Å². The summed E-state index contributed by atoms with van der Waals surface area (Å²) in [7, 11) is 0. The van der Waals surface area contributed by atoms with Gasteiger partial charge < -0.3 is 5.11 Å². The second-order valence-electron chi connectivity index (χ2n) is 3.64. The van der Waals surface area contributed by atoms with Crippen molar-refractivity contribution in [1.82, 2.24) is 0 Å². The number of hydrogen-bond acceptors (Lipinski definition) is 2. The summed E-state index contributed by atoms with van der Waals surface area (Å²) < 4.78 is 0. The molecule has 2 heteroatoms. The first-order valence-corrected chi connectivity index (χ1v) is 5.27. The molecule has 1 aromatic rings. The van der Waals surface area contributed by atoms with E-state index >= 15 is 0 Å². The van der Waals surface area contributed by atoms with Crippen LogP contribution in [0.3, 0.4) is 0 Å². The van der Waals surface area contributed by atoms with Crippen molar-refractivity contribution in [3.8, 4) is 0 Å². The van der Waals surface area contributed by atoms with Crippen LogP contribution >= 0.6 is 11.3 Å². The summed E-state index contributed by atoms with van der Waals surface area (Å²) >= 11 is 1.73. The van der Waals surface area contributed by atoms with Gasteiger partial charge in [-0.25, -0.2) is 0 Å². The summed E-state index contributed by atoms with van der Waals surface area (Å²) in [5.74, 6) is 0.510. The van der Waals surface area contributed by atoms with Crippen LogP contribution in [-0.2, 0) is 5.60 Å². The predicted octanol–water partition coefficient (Wildman–Crippen LogP) is 2.67. The van der Waals surface area contributed by atoms with E-state index in [-0.39, 0.29) is 0 Å². The molecule has 1 nitrogen and oxygen atoms in total. The van der Waals surface area contributed by atoms with Gasteiger partial charge in [-0.15, -0.1) is 11.3 Å². The van der Waals surface area contributed by atoms with Crippen molar-refractivity contribution in [2.24, 2.45) is 5.92 Å². The number of aryl methyl sites for hydroxylation is 1. The molecule has 2 unspecified atom stereocenters. The van der Waals surface area contributed by atoms with E-state index < -0.39 is 5.60 Å². The largest absolute Gasteiger partial charge is 0.384 e. The minimum atomic E-state index is -0.451. The summed E-state index contributed by atoms with van der Waals surface area (Å²) in [4.78, 5) is 2.45. The van der Waals surface area contributed by atoms with Crippen molar-refractivity contribution in [2.75, 3.05) is 0 Å². The maximum absolute atomic E-state index is 10.1. The first kappa shape index (κ1) is 8.27. The smallest absolute Gasteiger partial charge is 0.102 e. The summed E-state index contributed by atoms with van der Waals surface area (Å²) in [6, 6.07) is 4.15. The lowest BCUT2D eigenvalue weighted by Crippen LogP contribution is -2.05. The van der Waals surface area contributed by atoms with E-state index in [0.29, 0.717) is 5.92 Å². The van der Waals surface area contributed by atoms with Crippen LogP contribution in [0.15, 0.2) is 12.1 Å². The lowest BCUT2D eigenvalue weighted by Gasteiger charge is -2.05. The Hall–Kier alpha value is -0.340. The highest BCUT2D eigenvalue weighted by atomic mass is 32.1. The average molecular weight is 182 g/mol. The van der Waals surface area contributed by atoms with Gasteiger partial charge in [0, 0.05) is 9.75 Å². The van der Waals surface area contributed by atoms with Crippen molar-refractivity contribution >= 4 is 11.3 Å². The van der Waals surface area contributed by atoms with Gasteiger partial charge >= 0.3 is 0 Å². The number of thiophene rings is 1. The van der Waals surface area contributed by atoms with Gasteiger partial charge in [0.2, 0.25) is 0 Å². The molecule has 0 radical (unpaired) electrons. The third kappa shape index (κ3) is 1.10. The second kappa shape index (κ2) is 2.57. The van der Waals surface area contributed by atoms with E-state index in [0.717, 1.165) is 17.7 Å². The fourth-order valence-electron chi connectivity index (χ4n) is 1.77. The molecule has 0 bridgehead atoms. The van der Waals surface area contributed by atoms with Crippen molar-refractivity contribution in [3.63, 3.8) is 0 Å². The van der Waals surface area contributed by atoms with Crippen LogP contribution < -0.4 is 0 Å². The van der Waals surface area contributed by atoms with Crippen LogP contribution in [-0.4, -0.2) is 5.11 Å². The minimum Gasteiger partial charge on any atom is -0.384 e. The molecule has 1 fully saturated rings. The fourth-order valence-corrected chi connectivity index (χ4v) is 2.81. The number of rotatable bonds is 2. The van der Waals surface area contributed by atoms with Crippen LogP contribution in [0.1, 0.15) is 29.5 Å². The van der Waals surface area contributed by atoms with Gasteiger partial charge in [0.05, 0.1) is 0 Å². The van der Waals surface area contributed by atoms with Gasteiger partial charge in [0.25, 0.3) is 0 Å². The lowest BCUT2D eigenvalue weighted by molar-refractivity contribution is 0.134. The Morgan fingerprint density at radius 3 is 2.83 bits per heavy atom. The number of hydrogen-bond donors (Lipinski definition) is 1. The molecule has 12 heavy (non-hydrogen) atoms. The molecule has 1 N–H and O–H groups in total. The lowest BCUT2D eigenvalue weighted by atomic mass is 10.2. The molecule has 0 aliphatic heterocycles. The maximum Gasteiger partial charge on any atom is 0.102 e. The predicted molar refractivity (Wildman–Crippen MR) is 51.4 cm³/mol. The first-order chi connectivity index (χ1) is 5.66. The van der Waals surface area contributed by atoms with E-state index in [1.54, 1.807) is 11.3 Å². The topological polar surface area (TPSA) is 20.2 Å². The molecule has 0 aromatic carbocycles. The zero-order chi connectivity index (χ0) is 8.77. The molecule has 66 valence electrons. The van der Waals surface area contributed by atoms with Crippen molar-refractivity contribution in [1.29, 1.82) is 0 Å². The molecule has 1 aliphatic rings. The van der Waals surface area contributed by atoms with E-state index in [2.05, 4.69) is 26.0 Å². The second-order valence-corrected chi connectivity index (χ2v) is 4.93. The van der Waals surface area contributed by atoms with Gasteiger partial charge in [0.15, 0.2) is 0 Å². The molecule has 0 amide bonds. The molecule has 0 saturated heterocycles. The normalized spacial score (nSPS) is 33.8. The standard InChI is InChI=1S/C10H14OS/c1-3-8-6-10(8,11)9-5-4-7(2)12-9/h4-5,8,11H,3,6H2,1-2H3. The monoisotopic (exact) mass is 182 g/mol. The first-order valence-electron chi connectivity index (χ1n) is 4.46. The Kier molecular flexibility index (Phi) is 1.77. The van der Waals surface area contributed by atoms with E-state index in [1.807, 2.05) is 0 Å². The molecule has 1 aliphatic carbocycles. The van der Waals surface area contributed by atoms with Gasteiger partial charge in [-0.1, -0.05) is 13.3 Å². The Bertz CT molecular complexity index is 292. The third-order valence-electron chi connectivity index (χ3n) is 2.73. The molecular weight excluding hydrogens is 168 g/mol. The van der Waals surface area contributed by atoms with Crippen LogP contribution in [0.4, 0.5) is 0 Å². The molecule has 0 spiro atoms. The molecule has 1 saturated carbocycles. The zero-order valence-corrected chi connectivity index (χ0v) is 8.32. The number of aliphatic hydroxyl groups is 1. The quantitative estimate of drug-likeness (QED) is 0.745. The van der Waals surface area contributed by atoms with Gasteiger partial charge in [-0.2, -0.15) is 0 Å². The third-order valence-corrected chi connectivity index (χ3v) is 3.90. The molecule has 1 heterocycles. The highest BCUT2D eigenvalue weighted by molar-refractivity contribution is 7.12. The molecule has 2 rings (SSSR count). The SMILES string of the molecule is CCC1CC1(O)c1ccc(C)s1. The summed E-state index contributed by atoms with van der Waals surface area (Å²) in [6.45, 7) is 4.23. The summed E-state index contributed by atoms with van der Waals surface area (Å²) in [5.41, 5.74) is -0.451. The van der Waals surface area contributed by atoms with Crippen molar-refractivity contribution < 1.29 is 5.11 Å². The van der Waals surface area contributed by atoms with Crippen LogP contribution in [0.2, 0.25) is 0 Å². The molecule has 1 aromatic heterocycles. The molecular formula is C10H14OS. The van der Waals surface area contributed by atoms with Gasteiger partial charge in [-0.05, 0) is 31.4 Å². The maximum atomic E-state index is 10.1. The van der Waals surface area contributed by atoms with Crippen molar-refractivity contribution in [2.45, 2.75) is 32.3 Å². The Morgan fingerprint density at radius 2 is 2.42 bits per heavy atom. The van der Waals surface area contributed by atoms with E-state index in [4.69, 9.17) is 0 Å². The molecule has 2 atom stereocenters. The summed E-state index contributed by atoms with van der Waals surface area (Å²) in [5, 5.41) is 10.1. The fraction of sp³-hybridized carbons (Fsp3) is 0.600. The van der Waals surface area contributed by atoms with Crippen LogP contribution in [0.25, 0.3) is 0 Å². The Morgan fingerprint density at radius 1 is 1.67 bits per heavy atom. The van der Waals surface area contributed by atoms with Gasteiger partial charge in [-0.3, -0.25) is 0 Å². The Labute approximate surface area is 77.0 Å². The minimum absolute atomic E-state index is 0.451. The highest BCUT2D eigenvalue weighted by Gasteiger charge is 2.53. The summed E-state index contributed by atoms with van der Waals surface area (Å²) in [6.07, 6.45) is 2.05. The van der Waals surface area contributed by atoms with Crippen molar-refractivity contribution in [3.05, 3.63) is 21.9 Å². The van der Waals surface area contributed by atoms with E-state index in [9.17, 15) is 5.11 Å². The van der Waals surface area contributed by atoms with E-state index in [1.165, 1.54) is 4.88 Å². The highest BCUT2D eigenvalue weighted by Crippen LogP contribution is 2.55. The van der Waals surface area contributed by atoms with Crippen LogP contribution in [0.5, 0.6) is 0 Å². The Balaban J connectivity index is 2.22. The van der Waals surface area contributed by atoms with Crippen LogP contribution in [0, 0.1) is 12.8 Å². The average Bonchev–Trinajstić information content (AvgIpc) is 2.50. The zero-order valence-electron chi connectivity index (χ0n) is 7.50.